The van der Waals surface area contributed by atoms with Crippen LogP contribution in [0.25, 0.3) is 11.1 Å². The van der Waals surface area contributed by atoms with E-state index in [0.717, 1.165) is 36.2 Å². The Morgan fingerprint density at radius 1 is 1.47 bits per heavy atom. The highest BCUT2D eigenvalue weighted by Crippen LogP contribution is 2.34. The molecular formula is C13H17N3O. The lowest BCUT2D eigenvalue weighted by atomic mass is 10.2. The van der Waals surface area contributed by atoms with Crippen molar-refractivity contribution >= 4 is 16.8 Å². The zero-order chi connectivity index (χ0) is 12.0. The number of rotatable bonds is 3. The molecule has 1 aliphatic rings. The van der Waals surface area contributed by atoms with Crippen LogP contribution in [0.4, 0.5) is 5.69 Å². The number of hydrogen-bond donors (Lipinski definition) is 1. The van der Waals surface area contributed by atoms with Gasteiger partial charge in [-0.15, -0.1) is 0 Å². The molecule has 0 radical (unpaired) electrons. The predicted octanol–water partition coefficient (Wildman–Crippen LogP) is 2.06. The maximum Gasteiger partial charge on any atom is 0.192 e. The van der Waals surface area contributed by atoms with E-state index >= 15 is 0 Å². The third kappa shape index (κ3) is 2.00. The summed E-state index contributed by atoms with van der Waals surface area (Å²) in [6.07, 6.45) is 2.26. The molecule has 0 unspecified atom stereocenters. The van der Waals surface area contributed by atoms with Crippen molar-refractivity contribution in [3.63, 3.8) is 0 Å². The lowest BCUT2D eigenvalue weighted by molar-refractivity contribution is 0.561. The molecule has 1 aliphatic carbocycles. The molecule has 0 saturated heterocycles. The van der Waals surface area contributed by atoms with Crippen molar-refractivity contribution in [1.29, 1.82) is 0 Å². The van der Waals surface area contributed by atoms with E-state index in [0.29, 0.717) is 5.89 Å². The summed E-state index contributed by atoms with van der Waals surface area (Å²) in [4.78, 5) is 6.53. The van der Waals surface area contributed by atoms with Crippen molar-refractivity contribution in [2.24, 2.45) is 5.73 Å². The van der Waals surface area contributed by atoms with Crippen LogP contribution in [-0.2, 0) is 0 Å². The third-order valence-corrected chi connectivity index (χ3v) is 3.36. The minimum atomic E-state index is 0.0312. The smallest absolute Gasteiger partial charge is 0.192 e. The number of fused-ring (bicyclic) bond motifs is 1. The summed E-state index contributed by atoms with van der Waals surface area (Å²) in [7, 11) is 2.07. The van der Waals surface area contributed by atoms with Crippen LogP contribution in [0.3, 0.4) is 0 Å². The average Bonchev–Trinajstić information content (AvgIpc) is 2.87. The molecule has 4 heteroatoms. The van der Waals surface area contributed by atoms with Gasteiger partial charge in [-0.2, -0.15) is 0 Å². The first-order valence-electron chi connectivity index (χ1n) is 5.93. The number of aromatic nitrogens is 1. The number of anilines is 1. The van der Waals surface area contributed by atoms with Gasteiger partial charge >= 0.3 is 0 Å². The lowest BCUT2D eigenvalue weighted by Crippen LogP contribution is -2.37. The minimum Gasteiger partial charge on any atom is -0.441 e. The van der Waals surface area contributed by atoms with E-state index < -0.39 is 0 Å². The molecule has 0 bridgehead atoms. The Hall–Kier alpha value is -1.55. The number of oxazole rings is 1. The maximum atomic E-state index is 6.13. The van der Waals surface area contributed by atoms with Gasteiger partial charge < -0.3 is 15.1 Å². The quantitative estimate of drug-likeness (QED) is 0.878. The molecule has 0 aliphatic heterocycles. The van der Waals surface area contributed by atoms with Crippen LogP contribution in [0.1, 0.15) is 18.7 Å². The van der Waals surface area contributed by atoms with Gasteiger partial charge in [0.15, 0.2) is 11.5 Å². The molecule has 1 aromatic heterocycles. The van der Waals surface area contributed by atoms with Crippen molar-refractivity contribution in [3.05, 3.63) is 24.1 Å². The number of benzene rings is 1. The van der Waals surface area contributed by atoms with Crippen molar-refractivity contribution in [2.75, 3.05) is 18.5 Å². The van der Waals surface area contributed by atoms with Crippen molar-refractivity contribution in [2.45, 2.75) is 25.3 Å². The maximum absolute atomic E-state index is 6.13. The second-order valence-corrected chi connectivity index (χ2v) is 5.10. The molecule has 4 nitrogen and oxygen atoms in total. The van der Waals surface area contributed by atoms with Gasteiger partial charge in [0.2, 0.25) is 0 Å². The third-order valence-electron chi connectivity index (χ3n) is 3.36. The Labute approximate surface area is 100 Å². The first-order valence-corrected chi connectivity index (χ1v) is 5.93. The van der Waals surface area contributed by atoms with Crippen LogP contribution in [0.2, 0.25) is 0 Å². The summed E-state index contributed by atoms with van der Waals surface area (Å²) in [5.41, 5.74) is 9.05. The van der Waals surface area contributed by atoms with E-state index in [9.17, 15) is 0 Å². The Morgan fingerprint density at radius 3 is 2.94 bits per heavy atom. The number of likely N-dealkylation sites (N-methyl/N-ethyl adjacent to an activating group) is 1. The molecule has 0 spiro atoms. The van der Waals surface area contributed by atoms with Crippen LogP contribution >= 0.6 is 0 Å². The van der Waals surface area contributed by atoms with E-state index in [1.807, 2.05) is 13.0 Å². The molecule has 1 aromatic carbocycles. The van der Waals surface area contributed by atoms with Gasteiger partial charge in [-0.3, -0.25) is 0 Å². The summed E-state index contributed by atoms with van der Waals surface area (Å²) >= 11 is 0. The zero-order valence-corrected chi connectivity index (χ0v) is 10.2. The molecule has 1 fully saturated rings. The number of hydrogen-bond acceptors (Lipinski definition) is 4. The van der Waals surface area contributed by atoms with E-state index in [1.165, 1.54) is 0 Å². The van der Waals surface area contributed by atoms with Gasteiger partial charge in [-0.1, -0.05) is 0 Å². The fourth-order valence-corrected chi connectivity index (χ4v) is 2.15. The van der Waals surface area contributed by atoms with Crippen LogP contribution in [0.15, 0.2) is 22.6 Å². The fourth-order valence-electron chi connectivity index (χ4n) is 2.15. The molecule has 0 atom stereocenters. The summed E-state index contributed by atoms with van der Waals surface area (Å²) < 4.78 is 5.46. The number of aryl methyl sites for hydroxylation is 1. The molecule has 1 heterocycles. The molecular weight excluding hydrogens is 214 g/mol. The summed E-state index contributed by atoms with van der Waals surface area (Å²) in [6, 6.07) is 6.08. The van der Waals surface area contributed by atoms with Crippen LogP contribution < -0.4 is 10.6 Å². The Kier molecular flexibility index (Phi) is 2.16. The van der Waals surface area contributed by atoms with Crippen LogP contribution in [0.5, 0.6) is 0 Å². The Bertz CT molecular complexity index is 557. The zero-order valence-electron chi connectivity index (χ0n) is 10.2. The number of nitrogens with two attached hydrogens (primary N) is 1. The van der Waals surface area contributed by atoms with Gasteiger partial charge in [0.25, 0.3) is 0 Å². The topological polar surface area (TPSA) is 55.3 Å². The summed E-state index contributed by atoms with van der Waals surface area (Å²) in [5, 5.41) is 0. The van der Waals surface area contributed by atoms with Gasteiger partial charge in [0.1, 0.15) is 5.52 Å². The molecule has 1 saturated carbocycles. The molecule has 90 valence electrons. The first kappa shape index (κ1) is 10.6. The van der Waals surface area contributed by atoms with E-state index in [2.05, 4.69) is 29.1 Å². The van der Waals surface area contributed by atoms with Gasteiger partial charge in [-0.05, 0) is 31.0 Å². The Balaban J connectivity index is 1.88. The average molecular weight is 231 g/mol. The minimum absolute atomic E-state index is 0.0312. The summed E-state index contributed by atoms with van der Waals surface area (Å²) in [5.74, 6) is 0.706. The van der Waals surface area contributed by atoms with Crippen molar-refractivity contribution in [1.82, 2.24) is 4.98 Å². The standard InChI is InChI=1S/C13H17N3O/c1-9-15-11-7-10(3-4-12(11)17-9)16(2)8-13(14)5-6-13/h3-4,7H,5-6,8,14H2,1-2H3. The second-order valence-electron chi connectivity index (χ2n) is 5.10. The summed E-state index contributed by atoms with van der Waals surface area (Å²) in [6.45, 7) is 2.76. The highest BCUT2D eigenvalue weighted by Gasteiger charge is 2.39. The van der Waals surface area contributed by atoms with Crippen LogP contribution in [0, 0.1) is 6.92 Å². The van der Waals surface area contributed by atoms with Gasteiger partial charge in [0.05, 0.1) is 0 Å². The highest BCUT2D eigenvalue weighted by molar-refractivity contribution is 5.77. The van der Waals surface area contributed by atoms with Crippen LogP contribution in [-0.4, -0.2) is 24.1 Å². The molecule has 3 rings (SSSR count). The largest absolute Gasteiger partial charge is 0.441 e. The van der Waals surface area contributed by atoms with Crippen molar-refractivity contribution in [3.8, 4) is 0 Å². The molecule has 0 amide bonds. The second kappa shape index (κ2) is 3.47. The highest BCUT2D eigenvalue weighted by atomic mass is 16.3. The van der Waals surface area contributed by atoms with E-state index in [-0.39, 0.29) is 5.54 Å². The monoisotopic (exact) mass is 231 g/mol. The first-order chi connectivity index (χ1) is 8.06. The van der Waals surface area contributed by atoms with E-state index in [1.54, 1.807) is 0 Å². The van der Waals surface area contributed by atoms with Crippen molar-refractivity contribution < 1.29 is 4.42 Å². The fraction of sp³-hybridized carbons (Fsp3) is 0.462. The lowest BCUT2D eigenvalue weighted by Gasteiger charge is -2.22. The molecule has 2 aromatic rings. The van der Waals surface area contributed by atoms with E-state index in [4.69, 9.17) is 10.2 Å². The molecule has 17 heavy (non-hydrogen) atoms. The SMILES string of the molecule is Cc1nc2cc(N(C)CC3(N)CC3)ccc2o1. The molecule has 2 N–H and O–H groups in total. The van der Waals surface area contributed by atoms with Gasteiger partial charge in [0, 0.05) is 31.7 Å². The number of nitrogens with zero attached hydrogens (tertiary/aromatic N) is 2. The normalized spacial score (nSPS) is 17.4. The van der Waals surface area contributed by atoms with Gasteiger partial charge in [-0.25, -0.2) is 4.98 Å². The predicted molar refractivity (Wildman–Crippen MR) is 68.2 cm³/mol. The Morgan fingerprint density at radius 2 is 2.24 bits per heavy atom.